The van der Waals surface area contributed by atoms with Gasteiger partial charge in [0, 0.05) is 42.2 Å². The van der Waals surface area contributed by atoms with Gasteiger partial charge < -0.3 is 9.88 Å². The number of imidazole rings is 1. The molecule has 0 saturated carbocycles. The van der Waals surface area contributed by atoms with Gasteiger partial charge >= 0.3 is 0 Å². The summed E-state index contributed by atoms with van der Waals surface area (Å²) in [7, 11) is 0. The Morgan fingerprint density at radius 1 is 1.47 bits per heavy atom. The smallest absolute Gasteiger partial charge is 0.0946 e. The van der Waals surface area contributed by atoms with Crippen LogP contribution in [0.5, 0.6) is 0 Å². The molecular weight excluding hydrogens is 280 g/mol. The van der Waals surface area contributed by atoms with Gasteiger partial charge in [-0.1, -0.05) is 0 Å². The molecule has 0 fully saturated rings. The number of halogens is 1. The number of hydrogen-bond acceptors (Lipinski definition) is 3. The molecule has 2 aromatic heterocycles. The molecule has 0 aliphatic rings. The summed E-state index contributed by atoms with van der Waals surface area (Å²) in [5, 5.41) is 3.43. The monoisotopic (exact) mass is 294 g/mol. The van der Waals surface area contributed by atoms with Crippen LogP contribution in [0.3, 0.4) is 0 Å². The van der Waals surface area contributed by atoms with Crippen molar-refractivity contribution in [2.45, 2.75) is 26.1 Å². The van der Waals surface area contributed by atoms with Gasteiger partial charge in [-0.3, -0.25) is 4.98 Å². The maximum atomic E-state index is 4.32. The number of pyridine rings is 1. The first-order valence-electron chi connectivity index (χ1n) is 5.53. The van der Waals surface area contributed by atoms with Crippen molar-refractivity contribution in [2.24, 2.45) is 0 Å². The van der Waals surface area contributed by atoms with Crippen molar-refractivity contribution in [1.29, 1.82) is 0 Å². The van der Waals surface area contributed by atoms with E-state index in [1.165, 1.54) is 0 Å². The molecule has 0 radical (unpaired) electrons. The van der Waals surface area contributed by atoms with E-state index in [9.17, 15) is 0 Å². The predicted octanol–water partition coefficient (Wildman–Crippen LogP) is 2.22. The SMILES string of the molecule is CC(Cn1ccnc1)NCc1ccc(Br)cn1. The standard InChI is InChI=1S/C12H15BrN4/c1-10(8-17-5-4-14-9-17)15-7-12-3-2-11(13)6-16-12/h2-6,9-10,15H,7-8H2,1H3. The minimum atomic E-state index is 0.384. The number of nitrogens with one attached hydrogen (secondary N) is 1. The molecule has 1 unspecified atom stereocenters. The molecule has 2 aromatic rings. The third kappa shape index (κ3) is 3.94. The van der Waals surface area contributed by atoms with E-state index in [1.54, 1.807) is 6.20 Å². The second kappa shape index (κ2) is 5.93. The lowest BCUT2D eigenvalue weighted by atomic mass is 10.3. The van der Waals surface area contributed by atoms with Gasteiger partial charge in [0.15, 0.2) is 0 Å². The largest absolute Gasteiger partial charge is 0.336 e. The molecule has 1 atom stereocenters. The van der Waals surface area contributed by atoms with Crippen LogP contribution in [0.25, 0.3) is 0 Å². The normalized spacial score (nSPS) is 12.6. The van der Waals surface area contributed by atoms with E-state index in [0.29, 0.717) is 6.04 Å². The molecule has 0 aliphatic carbocycles. The van der Waals surface area contributed by atoms with Gasteiger partial charge in [0.1, 0.15) is 0 Å². The van der Waals surface area contributed by atoms with E-state index < -0.39 is 0 Å². The van der Waals surface area contributed by atoms with Gasteiger partial charge in [0.2, 0.25) is 0 Å². The van der Waals surface area contributed by atoms with Crippen molar-refractivity contribution in [1.82, 2.24) is 19.9 Å². The molecule has 0 aromatic carbocycles. The van der Waals surface area contributed by atoms with Crippen LogP contribution in [0.15, 0.2) is 41.5 Å². The van der Waals surface area contributed by atoms with Crippen LogP contribution in [-0.2, 0) is 13.1 Å². The first-order chi connectivity index (χ1) is 8.24. The summed E-state index contributed by atoms with van der Waals surface area (Å²) >= 11 is 3.37. The fourth-order valence-electron chi connectivity index (χ4n) is 1.57. The first-order valence-corrected chi connectivity index (χ1v) is 6.33. The van der Waals surface area contributed by atoms with Gasteiger partial charge in [-0.2, -0.15) is 0 Å². The highest BCUT2D eigenvalue weighted by atomic mass is 79.9. The maximum Gasteiger partial charge on any atom is 0.0946 e. The highest BCUT2D eigenvalue weighted by molar-refractivity contribution is 9.10. The fraction of sp³-hybridized carbons (Fsp3) is 0.333. The van der Waals surface area contributed by atoms with E-state index >= 15 is 0 Å². The van der Waals surface area contributed by atoms with Gasteiger partial charge in [-0.05, 0) is 35.0 Å². The summed E-state index contributed by atoms with van der Waals surface area (Å²) in [5.74, 6) is 0. The van der Waals surface area contributed by atoms with Crippen LogP contribution in [0.4, 0.5) is 0 Å². The molecule has 0 aliphatic heterocycles. The average molecular weight is 295 g/mol. The first kappa shape index (κ1) is 12.3. The summed E-state index contributed by atoms with van der Waals surface area (Å²) in [6.45, 7) is 3.85. The van der Waals surface area contributed by atoms with E-state index in [4.69, 9.17) is 0 Å². The van der Waals surface area contributed by atoms with Crippen LogP contribution in [0, 0.1) is 0 Å². The Kier molecular flexibility index (Phi) is 4.28. The van der Waals surface area contributed by atoms with Gasteiger partial charge in [-0.15, -0.1) is 0 Å². The zero-order chi connectivity index (χ0) is 12.1. The Morgan fingerprint density at radius 3 is 3.00 bits per heavy atom. The van der Waals surface area contributed by atoms with Gasteiger partial charge in [0.25, 0.3) is 0 Å². The maximum absolute atomic E-state index is 4.32. The Hall–Kier alpha value is -1.20. The molecule has 0 bridgehead atoms. The Bertz CT molecular complexity index is 438. The fourth-order valence-corrected chi connectivity index (χ4v) is 1.80. The third-order valence-corrected chi connectivity index (χ3v) is 2.93. The van der Waals surface area contributed by atoms with E-state index in [1.807, 2.05) is 30.9 Å². The molecule has 1 N–H and O–H groups in total. The lowest BCUT2D eigenvalue weighted by Gasteiger charge is -2.13. The number of aromatic nitrogens is 3. The summed E-state index contributed by atoms with van der Waals surface area (Å²) in [5.41, 5.74) is 1.05. The van der Waals surface area contributed by atoms with Crippen molar-refractivity contribution >= 4 is 15.9 Å². The number of rotatable bonds is 5. The van der Waals surface area contributed by atoms with Crippen LogP contribution in [0.1, 0.15) is 12.6 Å². The lowest BCUT2D eigenvalue weighted by Crippen LogP contribution is -2.29. The second-order valence-corrected chi connectivity index (χ2v) is 4.92. The molecule has 5 heteroatoms. The lowest BCUT2D eigenvalue weighted by molar-refractivity contribution is 0.473. The Morgan fingerprint density at radius 2 is 2.35 bits per heavy atom. The third-order valence-electron chi connectivity index (χ3n) is 2.46. The summed E-state index contributed by atoms with van der Waals surface area (Å²) in [6.07, 6.45) is 7.41. The van der Waals surface area contributed by atoms with Crippen LogP contribution >= 0.6 is 15.9 Å². The van der Waals surface area contributed by atoms with Crippen molar-refractivity contribution in [3.8, 4) is 0 Å². The Balaban J connectivity index is 1.79. The number of hydrogen-bond donors (Lipinski definition) is 1. The minimum Gasteiger partial charge on any atom is -0.336 e. The van der Waals surface area contributed by atoms with Crippen LogP contribution < -0.4 is 5.32 Å². The molecular formula is C12H15BrN4. The van der Waals surface area contributed by atoms with Crippen LogP contribution in [0.2, 0.25) is 0 Å². The summed E-state index contributed by atoms with van der Waals surface area (Å²) in [4.78, 5) is 8.34. The molecule has 0 spiro atoms. The van der Waals surface area contributed by atoms with Crippen molar-refractivity contribution in [3.63, 3.8) is 0 Å². The highest BCUT2D eigenvalue weighted by Crippen LogP contribution is 2.07. The average Bonchev–Trinajstić information content (AvgIpc) is 2.81. The molecule has 4 nitrogen and oxygen atoms in total. The zero-order valence-electron chi connectivity index (χ0n) is 9.68. The van der Waals surface area contributed by atoms with Crippen LogP contribution in [-0.4, -0.2) is 20.6 Å². The Labute approximate surface area is 109 Å². The van der Waals surface area contributed by atoms with E-state index in [2.05, 4.69) is 42.7 Å². The van der Waals surface area contributed by atoms with E-state index in [-0.39, 0.29) is 0 Å². The molecule has 2 heterocycles. The molecule has 0 amide bonds. The topological polar surface area (TPSA) is 42.7 Å². The van der Waals surface area contributed by atoms with Gasteiger partial charge in [0.05, 0.1) is 12.0 Å². The molecule has 90 valence electrons. The summed E-state index contributed by atoms with van der Waals surface area (Å²) in [6, 6.07) is 4.40. The van der Waals surface area contributed by atoms with Crippen molar-refractivity contribution in [2.75, 3.05) is 0 Å². The predicted molar refractivity (Wildman–Crippen MR) is 70.5 cm³/mol. The van der Waals surface area contributed by atoms with Crippen molar-refractivity contribution < 1.29 is 0 Å². The second-order valence-electron chi connectivity index (χ2n) is 4.01. The summed E-state index contributed by atoms with van der Waals surface area (Å²) < 4.78 is 3.07. The van der Waals surface area contributed by atoms with Gasteiger partial charge in [-0.25, -0.2) is 4.98 Å². The van der Waals surface area contributed by atoms with Crippen molar-refractivity contribution in [3.05, 3.63) is 47.2 Å². The minimum absolute atomic E-state index is 0.384. The zero-order valence-corrected chi connectivity index (χ0v) is 11.3. The molecule has 17 heavy (non-hydrogen) atoms. The quantitative estimate of drug-likeness (QED) is 0.919. The molecule has 2 rings (SSSR count). The van der Waals surface area contributed by atoms with E-state index in [0.717, 1.165) is 23.3 Å². The highest BCUT2D eigenvalue weighted by Gasteiger charge is 2.02. The number of nitrogens with zero attached hydrogens (tertiary/aromatic N) is 3. The molecule has 0 saturated heterocycles.